The quantitative estimate of drug-likeness (QED) is 0.211. The Bertz CT molecular complexity index is 393. The molecule has 0 saturated heterocycles. The highest BCUT2D eigenvalue weighted by atomic mass is 16.2. The highest BCUT2D eigenvalue weighted by Crippen LogP contribution is 2.13. The van der Waals surface area contributed by atoms with E-state index in [0.29, 0.717) is 25.9 Å². The normalized spacial score (nSPS) is 9.70. The van der Waals surface area contributed by atoms with Crippen molar-refractivity contribution in [3.63, 3.8) is 0 Å². The van der Waals surface area contributed by atoms with E-state index in [1.54, 1.807) is 0 Å². The van der Waals surface area contributed by atoms with Crippen molar-refractivity contribution in [2.24, 2.45) is 11.7 Å². The van der Waals surface area contributed by atoms with Crippen LogP contribution in [0.4, 0.5) is 11.4 Å². The smallest absolute Gasteiger partial charge is 0.235 e. The van der Waals surface area contributed by atoms with Gasteiger partial charge in [0.1, 0.15) is 0 Å². The Morgan fingerprint density at radius 2 is 1.15 bits per heavy atom. The van der Waals surface area contributed by atoms with Gasteiger partial charge in [-0.25, -0.2) is 11.7 Å². The maximum Gasteiger partial charge on any atom is 0.235 e. The van der Waals surface area contributed by atoms with Gasteiger partial charge in [-0.3, -0.25) is 20.4 Å². The lowest BCUT2D eigenvalue weighted by Crippen LogP contribution is -2.31. The van der Waals surface area contributed by atoms with E-state index < -0.39 is 0 Å². The Balaban J connectivity index is 2.29. The lowest BCUT2D eigenvalue weighted by atomic mass is 10.2. The van der Waals surface area contributed by atoms with E-state index in [2.05, 4.69) is 21.5 Å². The standard InChI is InChI=1S/C12H20N6O2/c13-17-11(19)5-7-15-9-1-2-10(4-3-9)16-8-6-12(20)18-14/h1-4,15-16H,5-8,13-14H2,(H,17,19)(H,18,20). The molecule has 0 aliphatic heterocycles. The van der Waals surface area contributed by atoms with Crippen LogP contribution in [0, 0.1) is 0 Å². The van der Waals surface area contributed by atoms with Crippen LogP contribution in [-0.4, -0.2) is 24.9 Å². The SMILES string of the molecule is NNC(=O)CCNc1ccc(NCCC(=O)NN)cc1. The van der Waals surface area contributed by atoms with Crippen molar-refractivity contribution >= 4 is 23.2 Å². The Morgan fingerprint density at radius 1 is 0.800 bits per heavy atom. The number of benzene rings is 1. The average Bonchev–Trinajstić information content (AvgIpc) is 2.48. The summed E-state index contributed by atoms with van der Waals surface area (Å²) in [5.74, 6) is 9.53. The number of hydrazine groups is 2. The second kappa shape index (κ2) is 8.73. The van der Waals surface area contributed by atoms with Crippen LogP contribution in [-0.2, 0) is 9.59 Å². The minimum Gasteiger partial charge on any atom is -0.385 e. The highest BCUT2D eigenvalue weighted by molar-refractivity contribution is 5.76. The third-order valence-corrected chi connectivity index (χ3v) is 2.57. The number of nitrogens with two attached hydrogens (primary N) is 2. The van der Waals surface area contributed by atoms with E-state index in [9.17, 15) is 9.59 Å². The molecule has 0 aliphatic carbocycles. The van der Waals surface area contributed by atoms with Gasteiger partial charge in [-0.15, -0.1) is 0 Å². The molecule has 0 radical (unpaired) electrons. The van der Waals surface area contributed by atoms with Crippen molar-refractivity contribution < 1.29 is 9.59 Å². The number of hydrogen-bond acceptors (Lipinski definition) is 6. The van der Waals surface area contributed by atoms with Crippen LogP contribution in [0.25, 0.3) is 0 Å². The summed E-state index contributed by atoms with van der Waals surface area (Å²) in [6.07, 6.45) is 0.620. The zero-order chi connectivity index (χ0) is 14.8. The summed E-state index contributed by atoms with van der Waals surface area (Å²) in [4.78, 5) is 21.9. The van der Waals surface area contributed by atoms with Gasteiger partial charge in [0.05, 0.1) is 0 Å². The first kappa shape index (κ1) is 15.7. The van der Waals surface area contributed by atoms with E-state index in [4.69, 9.17) is 11.7 Å². The van der Waals surface area contributed by atoms with Crippen LogP contribution in [0.3, 0.4) is 0 Å². The Morgan fingerprint density at radius 3 is 1.45 bits per heavy atom. The largest absolute Gasteiger partial charge is 0.385 e. The Labute approximate surface area is 117 Å². The molecule has 0 atom stereocenters. The highest BCUT2D eigenvalue weighted by Gasteiger charge is 1.99. The summed E-state index contributed by atoms with van der Waals surface area (Å²) in [6, 6.07) is 7.52. The minimum atomic E-state index is -0.214. The fourth-order valence-electron chi connectivity index (χ4n) is 1.49. The maximum atomic E-state index is 10.9. The summed E-state index contributed by atoms with van der Waals surface area (Å²) < 4.78 is 0. The number of carbonyl (C=O) groups is 2. The van der Waals surface area contributed by atoms with Crippen molar-refractivity contribution in [2.45, 2.75) is 12.8 Å². The van der Waals surface area contributed by atoms with E-state index >= 15 is 0 Å². The van der Waals surface area contributed by atoms with E-state index in [0.717, 1.165) is 11.4 Å². The van der Waals surface area contributed by atoms with Gasteiger partial charge in [0.25, 0.3) is 0 Å². The number of hydrogen-bond donors (Lipinski definition) is 6. The predicted octanol–water partition coefficient (Wildman–Crippen LogP) is -0.730. The van der Waals surface area contributed by atoms with Crippen molar-refractivity contribution in [2.75, 3.05) is 23.7 Å². The van der Waals surface area contributed by atoms with Gasteiger partial charge >= 0.3 is 0 Å². The molecular formula is C12H20N6O2. The molecule has 0 saturated carbocycles. The lowest BCUT2D eigenvalue weighted by molar-refractivity contribution is -0.121. The van der Waals surface area contributed by atoms with Crippen molar-refractivity contribution in [1.29, 1.82) is 0 Å². The molecule has 1 aromatic rings. The molecule has 2 amide bonds. The van der Waals surface area contributed by atoms with Gasteiger partial charge in [0.2, 0.25) is 11.8 Å². The topological polar surface area (TPSA) is 134 Å². The minimum absolute atomic E-state index is 0.214. The van der Waals surface area contributed by atoms with Gasteiger partial charge in [0.15, 0.2) is 0 Å². The summed E-state index contributed by atoms with van der Waals surface area (Å²) in [5, 5.41) is 6.19. The molecule has 0 heterocycles. The van der Waals surface area contributed by atoms with Crippen LogP contribution in [0.5, 0.6) is 0 Å². The summed E-state index contributed by atoms with van der Waals surface area (Å²) >= 11 is 0. The first-order valence-electron chi connectivity index (χ1n) is 6.22. The van der Waals surface area contributed by atoms with Crippen LogP contribution >= 0.6 is 0 Å². The van der Waals surface area contributed by atoms with Gasteiger partial charge in [-0.05, 0) is 24.3 Å². The molecule has 0 spiro atoms. The molecule has 8 N–H and O–H groups in total. The number of amides is 2. The second-order valence-electron chi connectivity index (χ2n) is 4.07. The van der Waals surface area contributed by atoms with E-state index in [1.807, 2.05) is 24.3 Å². The molecule has 1 aromatic carbocycles. The lowest BCUT2D eigenvalue weighted by Gasteiger charge is -2.08. The summed E-state index contributed by atoms with van der Waals surface area (Å²) in [7, 11) is 0. The van der Waals surface area contributed by atoms with Crippen LogP contribution < -0.4 is 33.2 Å². The number of anilines is 2. The number of carbonyl (C=O) groups excluding carboxylic acids is 2. The molecule has 0 fully saturated rings. The van der Waals surface area contributed by atoms with Crippen LogP contribution in [0.15, 0.2) is 24.3 Å². The monoisotopic (exact) mass is 280 g/mol. The summed E-state index contributed by atoms with van der Waals surface area (Å²) in [5.41, 5.74) is 5.94. The van der Waals surface area contributed by atoms with Gasteiger partial charge in [-0.2, -0.15) is 0 Å². The third kappa shape index (κ3) is 6.03. The Hall–Kier alpha value is -2.32. The zero-order valence-electron chi connectivity index (χ0n) is 11.1. The van der Waals surface area contributed by atoms with E-state index in [-0.39, 0.29) is 11.8 Å². The van der Waals surface area contributed by atoms with Crippen molar-refractivity contribution in [3.8, 4) is 0 Å². The zero-order valence-corrected chi connectivity index (χ0v) is 11.1. The number of rotatable bonds is 8. The number of nitrogens with one attached hydrogen (secondary N) is 4. The van der Waals surface area contributed by atoms with E-state index in [1.165, 1.54) is 0 Å². The average molecular weight is 280 g/mol. The van der Waals surface area contributed by atoms with Gasteiger partial charge in [0, 0.05) is 37.3 Å². The first-order valence-corrected chi connectivity index (χ1v) is 6.22. The molecule has 0 unspecified atom stereocenters. The molecule has 0 aliphatic rings. The molecule has 110 valence electrons. The third-order valence-electron chi connectivity index (χ3n) is 2.57. The fourth-order valence-corrected chi connectivity index (χ4v) is 1.49. The Kier molecular flexibility index (Phi) is 6.87. The molecule has 8 nitrogen and oxygen atoms in total. The van der Waals surface area contributed by atoms with Crippen molar-refractivity contribution in [3.05, 3.63) is 24.3 Å². The molecule has 0 bridgehead atoms. The first-order chi connectivity index (χ1) is 9.65. The second-order valence-corrected chi connectivity index (χ2v) is 4.07. The molecular weight excluding hydrogens is 260 g/mol. The van der Waals surface area contributed by atoms with Crippen molar-refractivity contribution in [1.82, 2.24) is 10.9 Å². The molecule has 0 aromatic heterocycles. The fraction of sp³-hybridized carbons (Fsp3) is 0.333. The molecule has 1 rings (SSSR count). The van der Waals surface area contributed by atoms with Gasteiger partial charge < -0.3 is 10.6 Å². The van der Waals surface area contributed by atoms with Gasteiger partial charge in [-0.1, -0.05) is 0 Å². The maximum absolute atomic E-state index is 10.9. The van der Waals surface area contributed by atoms with Crippen LogP contribution in [0.2, 0.25) is 0 Å². The van der Waals surface area contributed by atoms with Crippen LogP contribution in [0.1, 0.15) is 12.8 Å². The molecule has 8 heteroatoms. The molecule has 20 heavy (non-hydrogen) atoms. The predicted molar refractivity (Wildman–Crippen MR) is 77.3 cm³/mol. The summed E-state index contributed by atoms with van der Waals surface area (Å²) in [6.45, 7) is 1.01.